The van der Waals surface area contributed by atoms with Gasteiger partial charge in [-0.15, -0.1) is 0 Å². The quantitative estimate of drug-likeness (QED) is 0.639. The van der Waals surface area contributed by atoms with Gasteiger partial charge >= 0.3 is 5.97 Å². The Kier molecular flexibility index (Phi) is 7.56. The maximum atomic E-state index is 10.7. The van der Waals surface area contributed by atoms with Crippen LogP contribution in [-0.4, -0.2) is 49.9 Å². The third kappa shape index (κ3) is 6.13. The summed E-state index contributed by atoms with van der Waals surface area (Å²) in [5, 5.41) is 9.38. The summed E-state index contributed by atoms with van der Waals surface area (Å²) < 4.78 is 16.7. The van der Waals surface area contributed by atoms with Gasteiger partial charge in [0.1, 0.15) is 19.0 Å². The van der Waals surface area contributed by atoms with Gasteiger partial charge in [0, 0.05) is 6.54 Å². The molecule has 0 aliphatic rings. The number of carbonyl (C=O) groups is 1. The zero-order chi connectivity index (χ0) is 18.9. The topological polar surface area (TPSA) is 68.2 Å². The van der Waals surface area contributed by atoms with Crippen LogP contribution in [0.5, 0.6) is 17.2 Å². The molecule has 0 atom stereocenters. The van der Waals surface area contributed by atoms with E-state index in [0.717, 1.165) is 5.56 Å². The second-order valence-corrected chi connectivity index (χ2v) is 6.09. The van der Waals surface area contributed by atoms with Gasteiger partial charge in [-0.05, 0) is 36.9 Å². The minimum Gasteiger partial charge on any atom is -0.493 e. The monoisotopic (exact) mass is 379 g/mol. The van der Waals surface area contributed by atoms with Crippen LogP contribution in [0.2, 0.25) is 5.02 Å². The number of methoxy groups -OCH3 is 1. The fourth-order valence-electron chi connectivity index (χ4n) is 2.39. The molecule has 7 heteroatoms. The van der Waals surface area contributed by atoms with Crippen LogP contribution in [0.15, 0.2) is 42.5 Å². The van der Waals surface area contributed by atoms with Gasteiger partial charge in [0.2, 0.25) is 0 Å². The summed E-state index contributed by atoms with van der Waals surface area (Å²) in [6, 6.07) is 12.8. The minimum atomic E-state index is -0.863. The normalized spacial score (nSPS) is 10.6. The van der Waals surface area contributed by atoms with E-state index in [1.54, 1.807) is 37.3 Å². The van der Waals surface area contributed by atoms with Gasteiger partial charge in [-0.25, -0.2) is 0 Å². The smallest absolute Gasteiger partial charge is 0.317 e. The van der Waals surface area contributed by atoms with E-state index in [4.69, 9.17) is 30.9 Å². The van der Waals surface area contributed by atoms with Crippen LogP contribution in [0, 0.1) is 0 Å². The molecule has 2 aromatic rings. The predicted octanol–water partition coefficient (Wildman–Crippen LogP) is 3.32. The lowest BCUT2D eigenvalue weighted by atomic mass is 10.2. The summed E-state index contributed by atoms with van der Waals surface area (Å²) in [6.45, 7) is 1.15. The number of nitrogens with zero attached hydrogens (tertiary/aromatic N) is 1. The summed E-state index contributed by atoms with van der Waals surface area (Å²) >= 11 is 6.03. The first-order chi connectivity index (χ1) is 12.5. The molecule has 0 unspecified atom stereocenters. The molecule has 0 aromatic heterocycles. The summed E-state index contributed by atoms with van der Waals surface area (Å²) in [7, 11) is 3.31. The van der Waals surface area contributed by atoms with E-state index < -0.39 is 5.97 Å². The molecule has 6 nitrogen and oxygen atoms in total. The second kappa shape index (κ2) is 9.89. The van der Waals surface area contributed by atoms with Crippen LogP contribution in [0.3, 0.4) is 0 Å². The minimum absolute atomic E-state index is 0.0278. The molecule has 0 amide bonds. The fourth-order valence-corrected chi connectivity index (χ4v) is 2.58. The van der Waals surface area contributed by atoms with Gasteiger partial charge in [0.05, 0.1) is 18.7 Å². The van der Waals surface area contributed by atoms with E-state index in [-0.39, 0.29) is 6.54 Å². The Balaban J connectivity index is 1.89. The summed E-state index contributed by atoms with van der Waals surface area (Å²) in [4.78, 5) is 12.4. The molecule has 0 spiro atoms. The molecule has 0 aliphatic heterocycles. The Morgan fingerprint density at radius 1 is 1.08 bits per heavy atom. The first-order valence-electron chi connectivity index (χ1n) is 8.07. The average molecular weight is 380 g/mol. The van der Waals surface area contributed by atoms with Crippen LogP contribution in [0.25, 0.3) is 0 Å². The molecule has 0 saturated heterocycles. The number of hydrogen-bond donors (Lipinski definition) is 1. The standard InChI is InChI=1S/C19H22ClNO5/c1-21(13-19(22)23)12-14-7-8-17(18(11-14)24-2)26-10-9-25-16-6-4-3-5-15(16)20/h3-8,11H,9-10,12-13H2,1-2H3,(H,22,23). The molecular weight excluding hydrogens is 358 g/mol. The maximum absolute atomic E-state index is 10.7. The largest absolute Gasteiger partial charge is 0.493 e. The van der Waals surface area contributed by atoms with Crippen molar-refractivity contribution in [2.24, 2.45) is 0 Å². The number of likely N-dealkylation sites (N-methyl/N-ethyl adjacent to an activating group) is 1. The van der Waals surface area contributed by atoms with Crippen LogP contribution in [0.1, 0.15) is 5.56 Å². The second-order valence-electron chi connectivity index (χ2n) is 5.68. The molecule has 26 heavy (non-hydrogen) atoms. The first-order valence-corrected chi connectivity index (χ1v) is 8.44. The molecule has 0 heterocycles. The van der Waals surface area contributed by atoms with Crippen molar-refractivity contribution in [1.82, 2.24) is 4.90 Å². The highest BCUT2D eigenvalue weighted by atomic mass is 35.5. The highest BCUT2D eigenvalue weighted by molar-refractivity contribution is 6.32. The molecule has 2 aromatic carbocycles. The summed E-state index contributed by atoms with van der Waals surface area (Å²) in [5.74, 6) is 0.934. The molecule has 0 fully saturated rings. The number of carboxylic acid groups (broad SMARTS) is 1. The van der Waals surface area contributed by atoms with Crippen molar-refractivity contribution in [3.63, 3.8) is 0 Å². The van der Waals surface area contributed by atoms with Crippen molar-refractivity contribution in [3.8, 4) is 17.2 Å². The molecule has 1 N–H and O–H groups in total. The van der Waals surface area contributed by atoms with Crippen LogP contribution in [-0.2, 0) is 11.3 Å². The number of rotatable bonds is 10. The van der Waals surface area contributed by atoms with Crippen LogP contribution < -0.4 is 14.2 Å². The maximum Gasteiger partial charge on any atom is 0.317 e. The Morgan fingerprint density at radius 3 is 2.42 bits per heavy atom. The highest BCUT2D eigenvalue weighted by Gasteiger charge is 2.10. The van der Waals surface area contributed by atoms with Gasteiger partial charge in [0.15, 0.2) is 11.5 Å². The van der Waals surface area contributed by atoms with Crippen LogP contribution >= 0.6 is 11.6 Å². The molecule has 0 saturated carbocycles. The van der Waals surface area contributed by atoms with Crippen molar-refractivity contribution in [3.05, 3.63) is 53.1 Å². The molecular formula is C19H22ClNO5. The number of halogens is 1. The van der Waals surface area contributed by atoms with Gasteiger partial charge in [-0.3, -0.25) is 9.69 Å². The zero-order valence-electron chi connectivity index (χ0n) is 14.8. The Morgan fingerprint density at radius 2 is 1.77 bits per heavy atom. The number of para-hydroxylation sites is 1. The van der Waals surface area contributed by atoms with Gasteiger partial charge < -0.3 is 19.3 Å². The molecule has 2 rings (SSSR count). The average Bonchev–Trinajstić information content (AvgIpc) is 2.60. The Bertz CT molecular complexity index is 738. The summed E-state index contributed by atoms with van der Waals surface area (Å²) in [5.41, 5.74) is 0.935. The van der Waals surface area contributed by atoms with E-state index in [1.165, 1.54) is 0 Å². The van der Waals surface area contributed by atoms with Crippen molar-refractivity contribution in [2.75, 3.05) is 33.9 Å². The Labute approximate surface area is 157 Å². The molecule has 0 radical (unpaired) electrons. The molecule has 140 valence electrons. The van der Waals surface area contributed by atoms with Gasteiger partial charge in [-0.2, -0.15) is 0 Å². The summed E-state index contributed by atoms with van der Waals surface area (Å²) in [6.07, 6.45) is 0. The number of carboxylic acids is 1. The van der Waals surface area contributed by atoms with Gasteiger partial charge in [-0.1, -0.05) is 29.8 Å². The van der Waals surface area contributed by atoms with E-state index in [0.29, 0.717) is 42.0 Å². The van der Waals surface area contributed by atoms with E-state index in [1.807, 2.05) is 24.3 Å². The van der Waals surface area contributed by atoms with Crippen LogP contribution in [0.4, 0.5) is 0 Å². The third-order valence-electron chi connectivity index (χ3n) is 3.52. The van der Waals surface area contributed by atoms with E-state index >= 15 is 0 Å². The lowest BCUT2D eigenvalue weighted by molar-refractivity contribution is -0.138. The van der Waals surface area contributed by atoms with E-state index in [2.05, 4.69) is 0 Å². The highest BCUT2D eigenvalue weighted by Crippen LogP contribution is 2.28. The van der Waals surface area contributed by atoms with Crippen molar-refractivity contribution in [1.29, 1.82) is 0 Å². The molecule has 0 bridgehead atoms. The SMILES string of the molecule is COc1cc(CN(C)CC(=O)O)ccc1OCCOc1ccccc1Cl. The number of aliphatic carboxylic acids is 1. The van der Waals surface area contributed by atoms with E-state index in [9.17, 15) is 4.79 Å². The number of ether oxygens (including phenoxy) is 3. The lowest BCUT2D eigenvalue weighted by Crippen LogP contribution is -2.25. The van der Waals surface area contributed by atoms with Crippen molar-refractivity contribution in [2.45, 2.75) is 6.54 Å². The third-order valence-corrected chi connectivity index (χ3v) is 3.83. The van der Waals surface area contributed by atoms with Gasteiger partial charge in [0.25, 0.3) is 0 Å². The predicted molar refractivity (Wildman–Crippen MR) is 99.4 cm³/mol. The number of hydrogen-bond acceptors (Lipinski definition) is 5. The lowest BCUT2D eigenvalue weighted by Gasteiger charge is -2.16. The number of benzene rings is 2. The zero-order valence-corrected chi connectivity index (χ0v) is 15.5. The van der Waals surface area contributed by atoms with Crippen molar-refractivity contribution >= 4 is 17.6 Å². The molecule has 0 aliphatic carbocycles. The van der Waals surface area contributed by atoms with Crippen molar-refractivity contribution < 1.29 is 24.1 Å². The first kappa shape index (κ1) is 19.9. The Hall–Kier alpha value is -2.44. The fraction of sp³-hybridized carbons (Fsp3) is 0.316.